The topological polar surface area (TPSA) is 105 Å². The van der Waals surface area contributed by atoms with Crippen molar-refractivity contribution in [3.63, 3.8) is 0 Å². The number of hydrogen-bond acceptors (Lipinski definition) is 6. The molecule has 1 aromatic heterocycles. The molecule has 3 N–H and O–H groups in total. The molecule has 0 bridgehead atoms. The lowest BCUT2D eigenvalue weighted by Gasteiger charge is -2.34. The fourth-order valence-corrected chi connectivity index (χ4v) is 4.04. The van der Waals surface area contributed by atoms with Crippen LogP contribution in [-0.2, 0) is 16.0 Å². The van der Waals surface area contributed by atoms with Crippen LogP contribution in [0.25, 0.3) is 11.1 Å². The van der Waals surface area contributed by atoms with Crippen molar-refractivity contribution in [2.45, 2.75) is 31.3 Å². The van der Waals surface area contributed by atoms with Gasteiger partial charge in [0.25, 0.3) is 0 Å². The molecule has 0 radical (unpaired) electrons. The second-order valence-corrected chi connectivity index (χ2v) is 7.72. The highest BCUT2D eigenvalue weighted by atomic mass is 16.4. The standard InChI is InChI=1S/C23H27N5O3/c24-14-22(30)25-18-12-13-27(15-18)28(16-29)20(11-10-17-6-2-1-3-7-17)23-26-19-8-4-5-9-21(19)31-23/h1-9,16,18,20H,10-15,24H2,(H,25,30)/t18-,20-/m1/s1. The van der Waals surface area contributed by atoms with Crippen LogP contribution in [0.3, 0.4) is 0 Å². The number of nitrogens with one attached hydrogen (secondary N) is 1. The van der Waals surface area contributed by atoms with E-state index in [0.717, 1.165) is 24.8 Å². The highest BCUT2D eigenvalue weighted by Crippen LogP contribution is 2.30. The first-order valence-corrected chi connectivity index (χ1v) is 10.5. The first-order chi connectivity index (χ1) is 15.2. The van der Waals surface area contributed by atoms with Gasteiger partial charge in [-0.15, -0.1) is 0 Å². The average molecular weight is 422 g/mol. The minimum Gasteiger partial charge on any atom is -0.438 e. The Morgan fingerprint density at radius 3 is 2.77 bits per heavy atom. The Kier molecular flexibility index (Phi) is 6.59. The molecule has 1 fully saturated rings. The van der Waals surface area contributed by atoms with Crippen molar-refractivity contribution in [1.82, 2.24) is 20.3 Å². The van der Waals surface area contributed by atoms with Crippen molar-refractivity contribution < 1.29 is 14.0 Å². The molecule has 1 saturated heterocycles. The summed E-state index contributed by atoms with van der Waals surface area (Å²) in [7, 11) is 0. The van der Waals surface area contributed by atoms with E-state index in [0.29, 0.717) is 31.0 Å². The van der Waals surface area contributed by atoms with Crippen LogP contribution < -0.4 is 11.1 Å². The molecule has 0 unspecified atom stereocenters. The SMILES string of the molecule is NCC(=O)N[C@@H]1CCN(N(C=O)[C@H](CCc2ccccc2)c2nc3ccccc3o2)C1. The number of aromatic nitrogens is 1. The van der Waals surface area contributed by atoms with Gasteiger partial charge in [0.15, 0.2) is 5.58 Å². The number of carbonyl (C=O) groups excluding carboxylic acids is 2. The Morgan fingerprint density at radius 2 is 2.03 bits per heavy atom. The lowest BCUT2D eigenvalue weighted by atomic mass is 10.0. The third-order valence-corrected chi connectivity index (χ3v) is 5.62. The number of rotatable bonds is 9. The number of carbonyl (C=O) groups is 2. The Hall–Kier alpha value is -3.23. The van der Waals surface area contributed by atoms with Gasteiger partial charge in [-0.2, -0.15) is 0 Å². The van der Waals surface area contributed by atoms with E-state index in [1.165, 1.54) is 5.56 Å². The summed E-state index contributed by atoms with van der Waals surface area (Å²) in [5.41, 5.74) is 8.06. The van der Waals surface area contributed by atoms with Crippen LogP contribution >= 0.6 is 0 Å². The summed E-state index contributed by atoms with van der Waals surface area (Å²) in [6.45, 7) is 1.14. The zero-order chi connectivity index (χ0) is 21.6. The van der Waals surface area contributed by atoms with Gasteiger partial charge in [0.05, 0.1) is 6.54 Å². The van der Waals surface area contributed by atoms with Crippen molar-refractivity contribution >= 4 is 23.4 Å². The van der Waals surface area contributed by atoms with E-state index in [4.69, 9.17) is 10.2 Å². The van der Waals surface area contributed by atoms with E-state index >= 15 is 0 Å². The van der Waals surface area contributed by atoms with Gasteiger partial charge in [-0.1, -0.05) is 42.5 Å². The molecule has 8 nitrogen and oxygen atoms in total. The zero-order valence-corrected chi connectivity index (χ0v) is 17.3. The summed E-state index contributed by atoms with van der Waals surface area (Å²) < 4.78 is 6.05. The van der Waals surface area contributed by atoms with Gasteiger partial charge in [0.2, 0.25) is 18.2 Å². The smallest absolute Gasteiger partial charge is 0.233 e. The minimum atomic E-state index is -0.353. The number of hydrazine groups is 1. The number of nitrogens with two attached hydrogens (primary N) is 1. The maximum absolute atomic E-state index is 12.2. The Labute approximate surface area is 181 Å². The summed E-state index contributed by atoms with van der Waals surface area (Å²) in [5, 5.41) is 6.53. The number of hydrogen-bond donors (Lipinski definition) is 2. The summed E-state index contributed by atoms with van der Waals surface area (Å²) >= 11 is 0. The van der Waals surface area contributed by atoms with Gasteiger partial charge in [0, 0.05) is 19.1 Å². The summed E-state index contributed by atoms with van der Waals surface area (Å²) in [6, 6.07) is 17.3. The molecule has 0 spiro atoms. The minimum absolute atomic E-state index is 0.0445. The Balaban J connectivity index is 1.57. The molecule has 1 aliphatic rings. The molecule has 2 amide bonds. The molecule has 1 aliphatic heterocycles. The second-order valence-electron chi connectivity index (χ2n) is 7.72. The van der Waals surface area contributed by atoms with Crippen LogP contribution in [0.1, 0.15) is 30.3 Å². The first kappa shape index (κ1) is 21.0. The van der Waals surface area contributed by atoms with Crippen LogP contribution in [0.2, 0.25) is 0 Å². The van der Waals surface area contributed by atoms with Gasteiger partial charge in [-0.3, -0.25) is 14.6 Å². The molecule has 0 aliphatic carbocycles. The normalized spacial score (nSPS) is 17.5. The second kappa shape index (κ2) is 9.72. The third kappa shape index (κ3) is 4.92. The molecular formula is C23H27N5O3. The molecule has 162 valence electrons. The van der Waals surface area contributed by atoms with Gasteiger partial charge >= 0.3 is 0 Å². The molecule has 4 rings (SSSR count). The number of oxazole rings is 1. The third-order valence-electron chi connectivity index (χ3n) is 5.62. The zero-order valence-electron chi connectivity index (χ0n) is 17.3. The van der Waals surface area contributed by atoms with E-state index in [2.05, 4.69) is 22.4 Å². The lowest BCUT2D eigenvalue weighted by Crippen LogP contribution is -2.46. The van der Waals surface area contributed by atoms with Crippen LogP contribution in [0.15, 0.2) is 59.0 Å². The maximum Gasteiger partial charge on any atom is 0.233 e. The highest BCUT2D eigenvalue weighted by molar-refractivity contribution is 5.78. The molecule has 3 aromatic rings. The number of aryl methyl sites for hydroxylation is 1. The summed E-state index contributed by atoms with van der Waals surface area (Å²) in [5.74, 6) is 0.322. The fraction of sp³-hybridized carbons (Fsp3) is 0.348. The summed E-state index contributed by atoms with van der Waals surface area (Å²) in [4.78, 5) is 28.6. The number of nitrogens with zero attached hydrogens (tertiary/aromatic N) is 3. The number of fused-ring (bicyclic) bond motifs is 1. The van der Waals surface area contributed by atoms with Crippen molar-refractivity contribution in [3.8, 4) is 0 Å². The molecule has 8 heteroatoms. The quantitative estimate of drug-likeness (QED) is 0.512. The largest absolute Gasteiger partial charge is 0.438 e. The predicted molar refractivity (Wildman–Crippen MR) is 117 cm³/mol. The number of benzene rings is 2. The van der Waals surface area contributed by atoms with Gasteiger partial charge in [-0.05, 0) is 37.0 Å². The molecule has 2 aromatic carbocycles. The number of para-hydroxylation sites is 2. The highest BCUT2D eigenvalue weighted by Gasteiger charge is 2.34. The van der Waals surface area contributed by atoms with Crippen LogP contribution in [0.4, 0.5) is 0 Å². The van der Waals surface area contributed by atoms with Crippen molar-refractivity contribution in [1.29, 1.82) is 0 Å². The predicted octanol–water partition coefficient (Wildman–Crippen LogP) is 2.02. The van der Waals surface area contributed by atoms with E-state index in [1.54, 1.807) is 5.01 Å². The Bertz CT molecular complexity index is 989. The van der Waals surface area contributed by atoms with E-state index in [1.807, 2.05) is 47.5 Å². The van der Waals surface area contributed by atoms with Gasteiger partial charge in [0.1, 0.15) is 11.6 Å². The van der Waals surface area contributed by atoms with Gasteiger partial charge < -0.3 is 15.5 Å². The number of amides is 2. The van der Waals surface area contributed by atoms with Gasteiger partial charge in [-0.25, -0.2) is 9.99 Å². The molecule has 2 atom stereocenters. The molecular weight excluding hydrogens is 394 g/mol. The van der Waals surface area contributed by atoms with E-state index < -0.39 is 0 Å². The van der Waals surface area contributed by atoms with E-state index in [-0.39, 0.29) is 24.5 Å². The fourth-order valence-electron chi connectivity index (χ4n) is 4.04. The van der Waals surface area contributed by atoms with Crippen LogP contribution in [0, 0.1) is 0 Å². The lowest BCUT2D eigenvalue weighted by molar-refractivity contribution is -0.140. The van der Waals surface area contributed by atoms with E-state index in [9.17, 15) is 9.59 Å². The summed E-state index contributed by atoms with van der Waals surface area (Å²) in [6.07, 6.45) is 3.01. The van der Waals surface area contributed by atoms with Crippen molar-refractivity contribution in [2.24, 2.45) is 5.73 Å². The molecule has 31 heavy (non-hydrogen) atoms. The maximum atomic E-state index is 12.2. The van der Waals surface area contributed by atoms with Crippen LogP contribution in [-0.4, -0.2) is 53.0 Å². The van der Waals surface area contributed by atoms with Crippen molar-refractivity contribution in [3.05, 3.63) is 66.1 Å². The first-order valence-electron chi connectivity index (χ1n) is 10.5. The molecule has 0 saturated carbocycles. The monoisotopic (exact) mass is 421 g/mol. The Morgan fingerprint density at radius 1 is 1.26 bits per heavy atom. The van der Waals surface area contributed by atoms with Crippen LogP contribution in [0.5, 0.6) is 0 Å². The average Bonchev–Trinajstić information content (AvgIpc) is 3.44. The van der Waals surface area contributed by atoms with Crippen molar-refractivity contribution in [2.75, 3.05) is 19.6 Å². The molecule has 2 heterocycles.